The van der Waals surface area contributed by atoms with Crippen molar-refractivity contribution in [2.75, 3.05) is 5.32 Å². The van der Waals surface area contributed by atoms with Crippen molar-refractivity contribution in [2.45, 2.75) is 20.4 Å². The molecule has 3 heterocycles. The van der Waals surface area contributed by atoms with Gasteiger partial charge >= 0.3 is 6.03 Å². The number of urea groups is 1. The molecule has 0 unspecified atom stereocenters. The van der Waals surface area contributed by atoms with Crippen LogP contribution in [0.25, 0.3) is 11.3 Å². The van der Waals surface area contributed by atoms with E-state index >= 15 is 0 Å². The summed E-state index contributed by atoms with van der Waals surface area (Å²) in [6.45, 7) is 4.19. The Bertz CT molecular complexity index is 794. The van der Waals surface area contributed by atoms with Crippen LogP contribution in [-0.4, -0.2) is 21.0 Å². The predicted molar refractivity (Wildman–Crippen MR) is 92.8 cm³/mol. The van der Waals surface area contributed by atoms with Gasteiger partial charge in [-0.2, -0.15) is 11.3 Å². The molecule has 118 valence electrons. The number of thiazole rings is 1. The number of thiophene rings is 1. The van der Waals surface area contributed by atoms with Gasteiger partial charge in [0, 0.05) is 28.2 Å². The lowest BCUT2D eigenvalue weighted by molar-refractivity contribution is 0.251. The number of aryl methyl sites for hydroxylation is 2. The summed E-state index contributed by atoms with van der Waals surface area (Å²) >= 11 is 3.05. The minimum absolute atomic E-state index is 0.300. The highest BCUT2D eigenvalue weighted by Crippen LogP contribution is 2.23. The van der Waals surface area contributed by atoms with E-state index in [-0.39, 0.29) is 6.03 Å². The molecule has 0 atom stereocenters. The van der Waals surface area contributed by atoms with Crippen LogP contribution >= 0.6 is 22.7 Å². The van der Waals surface area contributed by atoms with Crippen molar-refractivity contribution in [3.05, 3.63) is 45.5 Å². The maximum absolute atomic E-state index is 12.0. The van der Waals surface area contributed by atoms with E-state index in [1.54, 1.807) is 23.7 Å². The summed E-state index contributed by atoms with van der Waals surface area (Å²) in [7, 11) is 0. The fourth-order valence-corrected chi connectivity index (χ4v) is 3.42. The zero-order chi connectivity index (χ0) is 16.2. The second kappa shape index (κ2) is 6.84. The Kier molecular flexibility index (Phi) is 4.63. The average Bonchev–Trinajstić information content (AvgIpc) is 3.16. The van der Waals surface area contributed by atoms with Gasteiger partial charge in [-0.3, -0.25) is 15.3 Å². The molecular formula is C15H15N5OS2. The third kappa shape index (κ3) is 3.72. The van der Waals surface area contributed by atoms with E-state index < -0.39 is 0 Å². The molecule has 0 fully saturated rings. The van der Waals surface area contributed by atoms with Crippen molar-refractivity contribution in [3.8, 4) is 11.3 Å². The van der Waals surface area contributed by atoms with Crippen LogP contribution in [0.15, 0.2) is 29.2 Å². The Morgan fingerprint density at radius 1 is 1.26 bits per heavy atom. The van der Waals surface area contributed by atoms with Crippen molar-refractivity contribution in [1.29, 1.82) is 0 Å². The smallest absolute Gasteiger partial charge is 0.321 e. The monoisotopic (exact) mass is 345 g/mol. The van der Waals surface area contributed by atoms with Crippen LogP contribution in [0, 0.1) is 13.8 Å². The second-order valence-electron chi connectivity index (χ2n) is 4.83. The van der Waals surface area contributed by atoms with Crippen molar-refractivity contribution in [3.63, 3.8) is 0 Å². The number of amides is 2. The Morgan fingerprint density at radius 2 is 2.09 bits per heavy atom. The number of carbonyl (C=O) groups excluding carboxylic acids is 1. The number of anilines is 1. The van der Waals surface area contributed by atoms with E-state index in [0.717, 1.165) is 27.5 Å². The van der Waals surface area contributed by atoms with E-state index in [1.165, 1.54) is 11.3 Å². The molecule has 3 aromatic rings. The van der Waals surface area contributed by atoms with Gasteiger partial charge in [0.2, 0.25) is 0 Å². The SMILES string of the molecule is Cc1nc(NC(=O)NCc2nccnc2-c2ccsc2)sc1C. The zero-order valence-corrected chi connectivity index (χ0v) is 14.3. The Labute approximate surface area is 141 Å². The van der Waals surface area contributed by atoms with Crippen LogP contribution in [0.3, 0.4) is 0 Å². The third-order valence-corrected chi connectivity index (χ3v) is 4.91. The molecule has 0 radical (unpaired) electrons. The topological polar surface area (TPSA) is 79.8 Å². The van der Waals surface area contributed by atoms with Crippen LogP contribution in [0.5, 0.6) is 0 Å². The molecule has 0 aliphatic heterocycles. The number of carbonyl (C=O) groups is 1. The normalized spacial score (nSPS) is 10.5. The van der Waals surface area contributed by atoms with E-state index in [4.69, 9.17) is 0 Å². The van der Waals surface area contributed by atoms with E-state index in [1.807, 2.05) is 30.7 Å². The lowest BCUT2D eigenvalue weighted by Crippen LogP contribution is -2.28. The van der Waals surface area contributed by atoms with Crippen molar-refractivity contribution in [2.24, 2.45) is 0 Å². The maximum Gasteiger partial charge on any atom is 0.321 e. The molecule has 0 aliphatic carbocycles. The molecule has 23 heavy (non-hydrogen) atoms. The largest absolute Gasteiger partial charge is 0.332 e. The standard InChI is InChI=1S/C15H15N5OS2/c1-9-10(2)23-15(19-9)20-14(21)18-7-12-13(17-5-4-16-12)11-3-6-22-8-11/h3-6,8H,7H2,1-2H3,(H2,18,19,20,21). The van der Waals surface area contributed by atoms with Crippen LogP contribution in [-0.2, 0) is 6.54 Å². The first-order valence-electron chi connectivity index (χ1n) is 6.95. The highest BCUT2D eigenvalue weighted by Gasteiger charge is 2.11. The predicted octanol–water partition coefficient (Wildman–Crippen LogP) is 3.60. The van der Waals surface area contributed by atoms with E-state index in [0.29, 0.717) is 11.7 Å². The first-order valence-corrected chi connectivity index (χ1v) is 8.71. The Hall–Kier alpha value is -2.32. The minimum Gasteiger partial charge on any atom is -0.332 e. The lowest BCUT2D eigenvalue weighted by atomic mass is 10.2. The van der Waals surface area contributed by atoms with Gasteiger partial charge in [-0.05, 0) is 25.3 Å². The zero-order valence-electron chi connectivity index (χ0n) is 12.7. The Balaban J connectivity index is 1.65. The molecule has 6 nitrogen and oxygen atoms in total. The Morgan fingerprint density at radius 3 is 2.78 bits per heavy atom. The molecule has 8 heteroatoms. The van der Waals surface area contributed by atoms with Crippen LogP contribution in [0.1, 0.15) is 16.3 Å². The second-order valence-corrected chi connectivity index (χ2v) is 6.82. The van der Waals surface area contributed by atoms with E-state index in [2.05, 4.69) is 25.6 Å². The van der Waals surface area contributed by atoms with Gasteiger partial charge in [-0.15, -0.1) is 11.3 Å². The number of nitrogens with one attached hydrogen (secondary N) is 2. The fourth-order valence-electron chi connectivity index (χ4n) is 1.97. The molecule has 2 N–H and O–H groups in total. The van der Waals surface area contributed by atoms with Crippen LogP contribution in [0.2, 0.25) is 0 Å². The highest BCUT2D eigenvalue weighted by molar-refractivity contribution is 7.15. The molecule has 0 aliphatic rings. The summed E-state index contributed by atoms with van der Waals surface area (Å²) in [5.74, 6) is 0. The highest BCUT2D eigenvalue weighted by atomic mass is 32.1. The summed E-state index contributed by atoms with van der Waals surface area (Å²) in [4.78, 5) is 26.1. The first-order chi connectivity index (χ1) is 11.1. The molecule has 0 saturated carbocycles. The summed E-state index contributed by atoms with van der Waals surface area (Å²) in [5, 5.41) is 10.1. The summed E-state index contributed by atoms with van der Waals surface area (Å²) in [6, 6.07) is 1.68. The molecule has 0 bridgehead atoms. The van der Waals surface area contributed by atoms with Gasteiger partial charge in [0.1, 0.15) is 0 Å². The van der Waals surface area contributed by atoms with Crippen LogP contribution in [0.4, 0.5) is 9.93 Å². The molecule has 2 amide bonds. The van der Waals surface area contributed by atoms with Gasteiger partial charge in [0.25, 0.3) is 0 Å². The summed E-state index contributed by atoms with van der Waals surface area (Å²) in [5.41, 5.74) is 3.45. The maximum atomic E-state index is 12.0. The van der Waals surface area contributed by atoms with Gasteiger partial charge in [0.15, 0.2) is 5.13 Å². The number of hydrogen-bond donors (Lipinski definition) is 2. The number of nitrogens with zero attached hydrogens (tertiary/aromatic N) is 3. The van der Waals surface area contributed by atoms with Crippen molar-refractivity contribution < 1.29 is 4.79 Å². The summed E-state index contributed by atoms with van der Waals surface area (Å²) in [6.07, 6.45) is 3.27. The fraction of sp³-hybridized carbons (Fsp3) is 0.200. The van der Waals surface area contributed by atoms with Crippen molar-refractivity contribution >= 4 is 33.8 Å². The lowest BCUT2D eigenvalue weighted by Gasteiger charge is -2.08. The molecule has 0 saturated heterocycles. The quantitative estimate of drug-likeness (QED) is 0.757. The first kappa shape index (κ1) is 15.6. The van der Waals surface area contributed by atoms with Crippen molar-refractivity contribution in [1.82, 2.24) is 20.3 Å². The molecule has 3 rings (SSSR count). The van der Waals surface area contributed by atoms with Gasteiger partial charge in [-0.25, -0.2) is 9.78 Å². The number of aromatic nitrogens is 3. The number of hydrogen-bond acceptors (Lipinski definition) is 6. The molecular weight excluding hydrogens is 330 g/mol. The molecule has 3 aromatic heterocycles. The van der Waals surface area contributed by atoms with Gasteiger partial charge < -0.3 is 5.32 Å². The van der Waals surface area contributed by atoms with Gasteiger partial charge in [-0.1, -0.05) is 0 Å². The van der Waals surface area contributed by atoms with Crippen LogP contribution < -0.4 is 10.6 Å². The molecule has 0 aromatic carbocycles. The van der Waals surface area contributed by atoms with Gasteiger partial charge in [0.05, 0.1) is 23.6 Å². The molecule has 0 spiro atoms. The van der Waals surface area contributed by atoms with E-state index in [9.17, 15) is 4.79 Å². The minimum atomic E-state index is -0.305. The average molecular weight is 345 g/mol. The number of rotatable bonds is 4. The third-order valence-electron chi connectivity index (χ3n) is 3.23. The summed E-state index contributed by atoms with van der Waals surface area (Å²) < 4.78 is 0.